The number of ether oxygens (including phenoxy) is 1. The van der Waals surface area contributed by atoms with E-state index < -0.39 is 0 Å². The maximum absolute atomic E-state index is 9.40. The van der Waals surface area contributed by atoms with Crippen LogP contribution < -0.4 is 4.74 Å². The van der Waals surface area contributed by atoms with E-state index >= 15 is 0 Å². The van der Waals surface area contributed by atoms with E-state index in [1.165, 1.54) is 0 Å². The molecule has 6 heteroatoms. The van der Waals surface area contributed by atoms with E-state index in [1.54, 1.807) is 12.3 Å². The monoisotopic (exact) mass is 535 g/mol. The number of alkyl halides is 1. The molecule has 3 aromatic rings. The molecule has 4 nitrogen and oxygen atoms in total. The molecule has 0 aliphatic rings. The number of benzene rings is 2. The fraction of sp³-hybridized carbons (Fsp3) is 0.238. The number of nitriles is 1. The van der Waals surface area contributed by atoms with Gasteiger partial charge in [0.05, 0.1) is 18.0 Å². The highest BCUT2D eigenvalue weighted by molar-refractivity contribution is 14.1. The molecule has 0 saturated carbocycles. The van der Waals surface area contributed by atoms with Crippen LogP contribution in [0.4, 0.5) is 0 Å². The summed E-state index contributed by atoms with van der Waals surface area (Å²) in [5.74, 6) is 0.783. The Morgan fingerprint density at radius 3 is 2.81 bits per heavy atom. The predicted octanol–water partition coefficient (Wildman–Crippen LogP) is 6.03. The summed E-state index contributed by atoms with van der Waals surface area (Å²) in [5, 5.41) is 9.40. The van der Waals surface area contributed by atoms with E-state index in [0.717, 1.165) is 34.2 Å². The van der Waals surface area contributed by atoms with Crippen molar-refractivity contribution in [3.63, 3.8) is 0 Å². The molecule has 0 bridgehead atoms. The molecular weight excluding hydrogens is 517 g/mol. The van der Waals surface area contributed by atoms with Gasteiger partial charge in [0.25, 0.3) is 0 Å². The SMILES string of the molecule is CCCC(I)(c1cc(C#N)ccc1OCc1cccc(Br)c1)n1ccnc1. The Bertz CT molecular complexity index is 952. The smallest absolute Gasteiger partial charge is 0.126 e. The van der Waals surface area contributed by atoms with Gasteiger partial charge in [0.2, 0.25) is 0 Å². The lowest BCUT2D eigenvalue weighted by Crippen LogP contribution is -2.27. The van der Waals surface area contributed by atoms with Crippen LogP contribution in [0.1, 0.15) is 36.5 Å². The molecule has 0 aliphatic heterocycles. The molecule has 0 N–H and O–H groups in total. The van der Waals surface area contributed by atoms with Crippen molar-refractivity contribution in [1.29, 1.82) is 5.26 Å². The van der Waals surface area contributed by atoms with Gasteiger partial charge in [-0.15, -0.1) is 0 Å². The third-order valence-electron chi connectivity index (χ3n) is 4.30. The quantitative estimate of drug-likeness (QED) is 0.274. The highest BCUT2D eigenvalue weighted by Gasteiger charge is 2.33. The number of hydrogen-bond donors (Lipinski definition) is 0. The van der Waals surface area contributed by atoms with Crippen LogP contribution in [0.3, 0.4) is 0 Å². The number of rotatable bonds is 7. The summed E-state index contributed by atoms with van der Waals surface area (Å²) in [5.41, 5.74) is 2.69. The van der Waals surface area contributed by atoms with Crippen molar-refractivity contribution in [3.8, 4) is 11.8 Å². The maximum atomic E-state index is 9.40. The molecule has 0 amide bonds. The summed E-state index contributed by atoms with van der Waals surface area (Å²) < 4.78 is 8.93. The summed E-state index contributed by atoms with van der Waals surface area (Å²) >= 11 is 5.94. The Kier molecular flexibility index (Phi) is 6.55. The number of aromatic nitrogens is 2. The first-order valence-electron chi connectivity index (χ1n) is 8.66. The zero-order valence-electron chi connectivity index (χ0n) is 14.9. The Hall–Kier alpha value is -1.85. The lowest BCUT2D eigenvalue weighted by molar-refractivity contribution is 0.297. The standard InChI is InChI=1S/C21H19BrIN3O/c1-2-8-21(23,26-10-9-25-15-26)19-12-16(13-24)6-7-20(19)27-14-17-4-3-5-18(22)11-17/h3-7,9-12,15H,2,8,14H2,1H3. The predicted molar refractivity (Wildman–Crippen MR) is 118 cm³/mol. The lowest BCUT2D eigenvalue weighted by atomic mass is 9.98. The van der Waals surface area contributed by atoms with Crippen molar-refractivity contribution in [1.82, 2.24) is 9.55 Å². The van der Waals surface area contributed by atoms with Crippen LogP contribution in [-0.2, 0) is 10.2 Å². The van der Waals surface area contributed by atoms with Gasteiger partial charge in [-0.3, -0.25) is 0 Å². The second kappa shape index (κ2) is 8.89. The fourth-order valence-corrected chi connectivity index (χ4v) is 4.71. The molecule has 1 aromatic heterocycles. The topological polar surface area (TPSA) is 50.8 Å². The molecule has 0 aliphatic carbocycles. The van der Waals surface area contributed by atoms with Crippen LogP contribution in [0.25, 0.3) is 0 Å². The Labute approximate surface area is 181 Å². The highest BCUT2D eigenvalue weighted by atomic mass is 127. The van der Waals surface area contributed by atoms with Crippen molar-refractivity contribution in [2.24, 2.45) is 0 Å². The molecular formula is C21H19BrIN3O. The van der Waals surface area contributed by atoms with Gasteiger partial charge in [0.15, 0.2) is 0 Å². The van der Waals surface area contributed by atoms with E-state index in [4.69, 9.17) is 4.74 Å². The molecule has 1 atom stereocenters. The zero-order valence-corrected chi connectivity index (χ0v) is 18.6. The van der Waals surface area contributed by atoms with Crippen molar-refractivity contribution in [2.75, 3.05) is 0 Å². The van der Waals surface area contributed by atoms with Gasteiger partial charge in [-0.1, -0.05) is 41.4 Å². The molecule has 0 saturated heterocycles. The molecule has 0 spiro atoms. The minimum Gasteiger partial charge on any atom is -0.488 e. The average Bonchev–Trinajstić information content (AvgIpc) is 3.22. The summed E-state index contributed by atoms with van der Waals surface area (Å²) in [6, 6.07) is 15.9. The normalized spacial score (nSPS) is 13.0. The number of nitrogens with zero attached hydrogens (tertiary/aromatic N) is 3. The molecule has 0 fully saturated rings. The third-order valence-corrected chi connectivity index (χ3v) is 6.47. The van der Waals surface area contributed by atoms with E-state index in [0.29, 0.717) is 12.2 Å². The Morgan fingerprint density at radius 2 is 2.15 bits per heavy atom. The molecule has 27 heavy (non-hydrogen) atoms. The summed E-state index contributed by atoms with van der Waals surface area (Å²) in [4.78, 5) is 4.22. The molecule has 1 heterocycles. The van der Waals surface area contributed by atoms with Gasteiger partial charge >= 0.3 is 0 Å². The van der Waals surface area contributed by atoms with Crippen molar-refractivity contribution in [3.05, 3.63) is 82.3 Å². The second-order valence-electron chi connectivity index (χ2n) is 6.22. The minimum absolute atomic E-state index is 0.373. The van der Waals surface area contributed by atoms with Crippen LogP contribution in [0, 0.1) is 11.3 Å². The van der Waals surface area contributed by atoms with Crippen LogP contribution in [0.15, 0.2) is 65.7 Å². The van der Waals surface area contributed by atoms with Gasteiger partial charge in [-0.25, -0.2) is 4.98 Å². The summed E-state index contributed by atoms with van der Waals surface area (Å²) in [6.07, 6.45) is 7.44. The van der Waals surface area contributed by atoms with E-state index in [9.17, 15) is 5.26 Å². The van der Waals surface area contributed by atoms with Crippen molar-refractivity contribution < 1.29 is 4.74 Å². The minimum atomic E-state index is -0.373. The van der Waals surface area contributed by atoms with E-state index in [1.807, 2.05) is 48.9 Å². The van der Waals surface area contributed by atoms with Crippen LogP contribution >= 0.6 is 38.5 Å². The number of halogens is 2. The lowest BCUT2D eigenvalue weighted by Gasteiger charge is -2.31. The summed E-state index contributed by atoms with van der Waals surface area (Å²) in [6.45, 7) is 2.61. The van der Waals surface area contributed by atoms with Crippen LogP contribution in [-0.4, -0.2) is 9.55 Å². The highest BCUT2D eigenvalue weighted by Crippen LogP contribution is 2.43. The van der Waals surface area contributed by atoms with Crippen LogP contribution in [0.2, 0.25) is 0 Å². The first kappa shape index (κ1) is 19.9. The second-order valence-corrected chi connectivity index (χ2v) is 8.92. The third kappa shape index (κ3) is 4.53. The Balaban J connectivity index is 2.01. The maximum Gasteiger partial charge on any atom is 0.126 e. The molecule has 2 aromatic carbocycles. The number of imidazole rings is 1. The van der Waals surface area contributed by atoms with Gasteiger partial charge in [0.1, 0.15) is 15.9 Å². The molecule has 1 unspecified atom stereocenters. The molecule has 0 radical (unpaired) electrons. The summed E-state index contributed by atoms with van der Waals surface area (Å²) in [7, 11) is 0. The zero-order chi connectivity index (χ0) is 19.3. The van der Waals surface area contributed by atoms with E-state index in [-0.39, 0.29) is 3.55 Å². The van der Waals surface area contributed by atoms with E-state index in [2.05, 4.69) is 61.1 Å². The molecule has 3 rings (SSSR count). The van der Waals surface area contributed by atoms with Crippen molar-refractivity contribution in [2.45, 2.75) is 29.9 Å². The average molecular weight is 536 g/mol. The first-order chi connectivity index (χ1) is 13.1. The largest absolute Gasteiger partial charge is 0.488 e. The molecule has 138 valence electrons. The van der Waals surface area contributed by atoms with Gasteiger partial charge < -0.3 is 9.30 Å². The van der Waals surface area contributed by atoms with Gasteiger partial charge in [0, 0.05) is 22.4 Å². The fourth-order valence-electron chi connectivity index (χ4n) is 3.02. The van der Waals surface area contributed by atoms with Gasteiger partial charge in [-0.2, -0.15) is 5.26 Å². The first-order valence-corrected chi connectivity index (χ1v) is 10.5. The van der Waals surface area contributed by atoms with Crippen molar-refractivity contribution >= 4 is 38.5 Å². The van der Waals surface area contributed by atoms with Crippen LogP contribution in [0.5, 0.6) is 5.75 Å². The Morgan fingerprint density at radius 1 is 1.30 bits per heavy atom. The van der Waals surface area contributed by atoms with Gasteiger partial charge in [-0.05, 0) is 64.9 Å². The number of hydrogen-bond acceptors (Lipinski definition) is 3.